The van der Waals surface area contributed by atoms with E-state index in [1.807, 2.05) is 13.8 Å². The van der Waals surface area contributed by atoms with E-state index in [2.05, 4.69) is 10.1 Å². The van der Waals surface area contributed by atoms with E-state index in [1.165, 1.54) is 7.11 Å². The van der Waals surface area contributed by atoms with Crippen molar-refractivity contribution in [3.05, 3.63) is 0 Å². The van der Waals surface area contributed by atoms with E-state index in [0.29, 0.717) is 19.4 Å². The van der Waals surface area contributed by atoms with E-state index >= 15 is 0 Å². The van der Waals surface area contributed by atoms with Gasteiger partial charge in [-0.2, -0.15) is 0 Å². The molecule has 1 amide bonds. The fraction of sp³-hybridized carbons (Fsp3) is 0.833. The van der Waals surface area contributed by atoms with Crippen molar-refractivity contribution in [3.63, 3.8) is 0 Å². The third kappa shape index (κ3) is 4.63. The Morgan fingerprint density at radius 1 is 1.12 bits per heavy atom. The lowest BCUT2D eigenvalue weighted by Crippen LogP contribution is -2.55. The normalized spacial score (nSPS) is 10.8. The lowest BCUT2D eigenvalue weighted by Gasteiger charge is -2.31. The molecule has 0 aromatic heterocycles. The van der Waals surface area contributed by atoms with Gasteiger partial charge in [-0.05, 0) is 19.8 Å². The van der Waals surface area contributed by atoms with Crippen molar-refractivity contribution in [2.24, 2.45) is 0 Å². The summed E-state index contributed by atoms with van der Waals surface area (Å²) in [5.74, 6) is -0.380. The zero-order valence-electron chi connectivity index (χ0n) is 11.2. The number of amides is 1. The quantitative estimate of drug-likeness (QED) is 0.699. The van der Waals surface area contributed by atoms with Crippen LogP contribution >= 0.6 is 0 Å². The van der Waals surface area contributed by atoms with Gasteiger partial charge in [0, 0.05) is 0 Å². The largest absolute Gasteiger partial charge is 0.464 e. The summed E-state index contributed by atoms with van der Waals surface area (Å²) in [6, 6.07) is 0. The van der Waals surface area contributed by atoms with Crippen molar-refractivity contribution in [3.8, 4) is 0 Å². The number of rotatable bonds is 7. The highest BCUT2D eigenvalue weighted by atomic mass is 16.5. The highest BCUT2D eigenvalue weighted by molar-refractivity contribution is 5.85. The number of methoxy groups -OCH3 is 1. The van der Waals surface area contributed by atoms with Gasteiger partial charge in [0.15, 0.2) is 0 Å². The molecule has 5 nitrogen and oxygen atoms in total. The van der Waals surface area contributed by atoms with Crippen LogP contribution in [0.25, 0.3) is 0 Å². The van der Waals surface area contributed by atoms with Crippen LogP contribution in [0.4, 0.5) is 4.79 Å². The molecule has 100 valence electrons. The maximum atomic E-state index is 12.0. The monoisotopic (exact) mass is 245 g/mol. The van der Waals surface area contributed by atoms with Gasteiger partial charge in [-0.25, -0.2) is 9.59 Å². The Labute approximate surface area is 103 Å². The number of carbonyl (C=O) groups is 2. The molecule has 0 atom stereocenters. The number of hydrogen-bond acceptors (Lipinski definition) is 4. The Kier molecular flexibility index (Phi) is 7.34. The number of nitrogens with one attached hydrogen (secondary N) is 1. The molecule has 0 radical (unpaired) electrons. The fourth-order valence-corrected chi connectivity index (χ4v) is 1.87. The average Bonchev–Trinajstić information content (AvgIpc) is 2.29. The predicted octanol–water partition coefficient (Wildman–Crippen LogP) is 2.24. The van der Waals surface area contributed by atoms with Crippen molar-refractivity contribution in [2.45, 2.75) is 52.0 Å². The second kappa shape index (κ2) is 7.92. The van der Waals surface area contributed by atoms with Crippen LogP contribution < -0.4 is 5.32 Å². The number of alkyl carbamates (subject to hydrolysis) is 1. The second-order valence-electron chi connectivity index (χ2n) is 3.92. The molecule has 0 spiro atoms. The molecule has 1 N–H and O–H groups in total. The highest BCUT2D eigenvalue weighted by Crippen LogP contribution is 2.22. The Morgan fingerprint density at radius 3 is 2.00 bits per heavy atom. The van der Waals surface area contributed by atoms with Crippen molar-refractivity contribution < 1.29 is 19.1 Å². The molecule has 0 rings (SSSR count). The molecule has 5 heteroatoms. The van der Waals surface area contributed by atoms with Crippen LogP contribution in [0.1, 0.15) is 46.5 Å². The highest BCUT2D eigenvalue weighted by Gasteiger charge is 2.40. The van der Waals surface area contributed by atoms with E-state index in [9.17, 15) is 9.59 Å². The molecule has 0 aliphatic rings. The van der Waals surface area contributed by atoms with E-state index in [4.69, 9.17) is 4.74 Å². The molecule has 0 heterocycles. The number of hydrogen-bond donors (Lipinski definition) is 1. The van der Waals surface area contributed by atoms with Crippen molar-refractivity contribution >= 4 is 12.1 Å². The Hall–Kier alpha value is -1.26. The van der Waals surface area contributed by atoms with Crippen LogP contribution in [-0.2, 0) is 14.3 Å². The third-order valence-electron chi connectivity index (χ3n) is 2.55. The van der Waals surface area contributed by atoms with Gasteiger partial charge in [0.05, 0.1) is 13.7 Å². The molecule has 0 unspecified atom stereocenters. The molecule has 0 aliphatic heterocycles. The zero-order valence-corrected chi connectivity index (χ0v) is 11.2. The summed E-state index contributed by atoms with van der Waals surface area (Å²) in [5.41, 5.74) is -0.952. The molecule has 0 fully saturated rings. The van der Waals surface area contributed by atoms with Crippen molar-refractivity contribution in [1.29, 1.82) is 0 Å². The third-order valence-corrected chi connectivity index (χ3v) is 2.55. The molecule has 0 aromatic rings. The van der Waals surface area contributed by atoms with Crippen LogP contribution in [0.2, 0.25) is 0 Å². The molecule has 0 bridgehead atoms. The molecule has 0 saturated heterocycles. The van der Waals surface area contributed by atoms with Gasteiger partial charge in [0.25, 0.3) is 0 Å². The molecule has 0 aliphatic carbocycles. The predicted molar refractivity (Wildman–Crippen MR) is 64.7 cm³/mol. The number of ether oxygens (including phenoxy) is 2. The summed E-state index contributed by atoms with van der Waals surface area (Å²) in [7, 11) is 1.28. The topological polar surface area (TPSA) is 64.6 Å². The lowest BCUT2D eigenvalue weighted by molar-refractivity contribution is -0.151. The first-order valence-corrected chi connectivity index (χ1v) is 6.09. The summed E-state index contributed by atoms with van der Waals surface area (Å²) >= 11 is 0. The Bertz CT molecular complexity index is 247. The van der Waals surface area contributed by atoms with Gasteiger partial charge in [-0.1, -0.05) is 26.7 Å². The smallest absolute Gasteiger partial charge is 0.407 e. The van der Waals surface area contributed by atoms with Crippen LogP contribution in [0, 0.1) is 0 Å². The standard InChI is InChI=1S/C12H23NO4/c1-5-8-12(9-6-2,10(14)17-7-3)13-11(15)16-4/h5-9H2,1-4H3,(H,13,15). The lowest BCUT2D eigenvalue weighted by atomic mass is 9.88. The minimum absolute atomic E-state index is 0.302. The minimum Gasteiger partial charge on any atom is -0.464 e. The van der Waals surface area contributed by atoms with Gasteiger partial charge < -0.3 is 14.8 Å². The van der Waals surface area contributed by atoms with E-state index in [0.717, 1.165) is 12.8 Å². The van der Waals surface area contributed by atoms with Crippen LogP contribution in [0.15, 0.2) is 0 Å². The Morgan fingerprint density at radius 2 is 1.65 bits per heavy atom. The number of esters is 1. The second-order valence-corrected chi connectivity index (χ2v) is 3.92. The SMILES string of the molecule is CCCC(CCC)(NC(=O)OC)C(=O)OCC. The molecule has 0 saturated carbocycles. The molecular weight excluding hydrogens is 222 g/mol. The summed E-state index contributed by atoms with van der Waals surface area (Å²) in [5, 5.41) is 2.63. The molecular formula is C12H23NO4. The van der Waals surface area contributed by atoms with Crippen molar-refractivity contribution in [2.75, 3.05) is 13.7 Å². The molecule has 0 aromatic carbocycles. The van der Waals surface area contributed by atoms with Gasteiger partial charge >= 0.3 is 12.1 Å². The summed E-state index contributed by atoms with van der Waals surface area (Å²) in [6.45, 7) is 5.97. The first-order chi connectivity index (χ1) is 8.06. The first-order valence-electron chi connectivity index (χ1n) is 6.09. The van der Waals surface area contributed by atoms with E-state index in [-0.39, 0.29) is 5.97 Å². The van der Waals surface area contributed by atoms with Gasteiger partial charge in [0.1, 0.15) is 5.54 Å². The maximum absolute atomic E-state index is 12.0. The van der Waals surface area contributed by atoms with Crippen LogP contribution in [0.5, 0.6) is 0 Å². The maximum Gasteiger partial charge on any atom is 0.407 e. The van der Waals surface area contributed by atoms with Gasteiger partial charge in [-0.15, -0.1) is 0 Å². The fourth-order valence-electron chi connectivity index (χ4n) is 1.87. The summed E-state index contributed by atoms with van der Waals surface area (Å²) in [4.78, 5) is 23.3. The van der Waals surface area contributed by atoms with Crippen molar-refractivity contribution in [1.82, 2.24) is 5.32 Å². The van der Waals surface area contributed by atoms with Crippen LogP contribution in [-0.4, -0.2) is 31.3 Å². The minimum atomic E-state index is -0.952. The molecule has 17 heavy (non-hydrogen) atoms. The van der Waals surface area contributed by atoms with E-state index in [1.54, 1.807) is 6.92 Å². The van der Waals surface area contributed by atoms with Crippen LogP contribution in [0.3, 0.4) is 0 Å². The van der Waals surface area contributed by atoms with Gasteiger partial charge in [-0.3, -0.25) is 0 Å². The summed E-state index contributed by atoms with van der Waals surface area (Å²) < 4.78 is 9.62. The van der Waals surface area contributed by atoms with E-state index < -0.39 is 11.6 Å². The van der Waals surface area contributed by atoms with Gasteiger partial charge in [0.2, 0.25) is 0 Å². The number of carbonyl (C=O) groups excluding carboxylic acids is 2. The average molecular weight is 245 g/mol. The summed E-state index contributed by atoms with van der Waals surface area (Å²) in [6.07, 6.45) is 2.06. The first kappa shape index (κ1) is 15.7. The zero-order chi connectivity index (χ0) is 13.3. The Balaban J connectivity index is 4.95.